The molecule has 0 bridgehead atoms. The van der Waals surface area contributed by atoms with Gasteiger partial charge in [0, 0.05) is 12.5 Å². The standard InChI is InChI=1S/C13H18NO3S.BF4/c1-10(15)17-14-13(9-18(3)4)11-5-7-12(16-2)8-6-11;2-1(3,4)5/h5-8H,9H2,1-4H3;/q+1;-1. The van der Waals surface area contributed by atoms with E-state index in [0.29, 0.717) is 0 Å². The number of rotatable bonds is 5. The Hall–Kier alpha value is -1.71. The molecule has 0 saturated heterocycles. The molecular formula is C13H18BF4NO3S. The number of halogens is 4. The van der Waals surface area contributed by atoms with Crippen molar-refractivity contribution < 1.29 is 31.6 Å². The monoisotopic (exact) mass is 355 g/mol. The Morgan fingerprint density at radius 3 is 2.00 bits per heavy atom. The van der Waals surface area contributed by atoms with Crippen LogP contribution in [0.5, 0.6) is 5.75 Å². The van der Waals surface area contributed by atoms with Gasteiger partial charge in [-0.1, -0.05) is 5.16 Å². The summed E-state index contributed by atoms with van der Waals surface area (Å²) >= 11 is 0. The fourth-order valence-electron chi connectivity index (χ4n) is 1.34. The quantitative estimate of drug-likeness (QED) is 0.204. The van der Waals surface area contributed by atoms with Crippen LogP contribution in [-0.2, 0) is 20.5 Å². The highest BCUT2D eigenvalue weighted by Crippen LogP contribution is 2.13. The molecule has 130 valence electrons. The Morgan fingerprint density at radius 1 is 1.17 bits per heavy atom. The van der Waals surface area contributed by atoms with Crippen LogP contribution in [0.4, 0.5) is 17.3 Å². The molecule has 4 nitrogen and oxygen atoms in total. The van der Waals surface area contributed by atoms with Crippen LogP contribution in [0.2, 0.25) is 0 Å². The maximum atomic E-state index is 10.8. The number of methoxy groups -OCH3 is 1. The third-order valence-corrected chi connectivity index (χ3v) is 2.98. The Bertz CT molecular complexity index is 515. The summed E-state index contributed by atoms with van der Waals surface area (Å²) in [7, 11) is -4.20. The van der Waals surface area contributed by atoms with Crippen molar-refractivity contribution in [2.24, 2.45) is 5.16 Å². The highest BCUT2D eigenvalue weighted by Gasteiger charge is 2.20. The van der Waals surface area contributed by atoms with Gasteiger partial charge in [-0.25, -0.2) is 4.79 Å². The number of oxime groups is 1. The Labute approximate surface area is 135 Å². The summed E-state index contributed by atoms with van der Waals surface area (Å²) in [4.78, 5) is 15.6. The fraction of sp³-hybridized carbons (Fsp3) is 0.385. The number of nitrogens with zero attached hydrogens (tertiary/aromatic N) is 1. The molecule has 0 heterocycles. The molecule has 23 heavy (non-hydrogen) atoms. The van der Waals surface area contributed by atoms with E-state index in [1.54, 1.807) is 7.11 Å². The summed E-state index contributed by atoms with van der Waals surface area (Å²) in [6.07, 6.45) is 4.24. The SMILES string of the molecule is COc1ccc(C(C[S+](C)C)=NOC(C)=O)cc1.F[B-](F)(F)F. The maximum absolute atomic E-state index is 10.8. The molecule has 0 aliphatic carbocycles. The molecule has 1 rings (SSSR count). The van der Waals surface area contributed by atoms with Gasteiger partial charge in [0.2, 0.25) is 0 Å². The summed E-state index contributed by atoms with van der Waals surface area (Å²) in [5.74, 6) is 1.16. The molecule has 10 heteroatoms. The highest BCUT2D eigenvalue weighted by molar-refractivity contribution is 7.96. The fourth-order valence-corrected chi connectivity index (χ4v) is 2.10. The average Bonchev–Trinajstić information content (AvgIpc) is 2.41. The molecule has 0 radical (unpaired) electrons. The van der Waals surface area contributed by atoms with Crippen molar-refractivity contribution in [2.75, 3.05) is 25.4 Å². The molecule has 0 unspecified atom stereocenters. The van der Waals surface area contributed by atoms with Crippen molar-refractivity contribution in [1.29, 1.82) is 0 Å². The first kappa shape index (κ1) is 21.3. The summed E-state index contributed by atoms with van der Waals surface area (Å²) in [6.45, 7) is 1.34. The van der Waals surface area contributed by atoms with E-state index in [0.717, 1.165) is 22.8 Å². The highest BCUT2D eigenvalue weighted by atomic mass is 32.2. The lowest BCUT2D eigenvalue weighted by Gasteiger charge is -2.05. The van der Waals surface area contributed by atoms with Crippen molar-refractivity contribution >= 4 is 29.8 Å². The Kier molecular flexibility index (Phi) is 9.39. The van der Waals surface area contributed by atoms with Gasteiger partial charge >= 0.3 is 13.2 Å². The number of hydrogen-bond donors (Lipinski definition) is 0. The summed E-state index contributed by atoms with van der Waals surface area (Å²) in [5, 5.41) is 3.92. The van der Waals surface area contributed by atoms with Gasteiger partial charge in [0.1, 0.15) is 11.5 Å². The third-order valence-electron chi connectivity index (χ3n) is 2.13. The largest absolute Gasteiger partial charge is 0.673 e. The van der Waals surface area contributed by atoms with Gasteiger partial charge in [-0.05, 0) is 35.2 Å². The average molecular weight is 355 g/mol. The van der Waals surface area contributed by atoms with Crippen LogP contribution >= 0.6 is 0 Å². The van der Waals surface area contributed by atoms with Crippen LogP contribution in [0.3, 0.4) is 0 Å². The van der Waals surface area contributed by atoms with Crippen LogP contribution < -0.4 is 4.74 Å². The first-order valence-corrected chi connectivity index (χ1v) is 8.54. The van der Waals surface area contributed by atoms with Crippen LogP contribution in [-0.4, -0.2) is 44.3 Å². The minimum absolute atomic E-state index is 0.179. The van der Waals surface area contributed by atoms with Gasteiger partial charge in [0.15, 0.2) is 5.75 Å². The van der Waals surface area contributed by atoms with Crippen molar-refractivity contribution in [3.63, 3.8) is 0 Å². The Morgan fingerprint density at radius 2 is 1.65 bits per heavy atom. The van der Waals surface area contributed by atoms with E-state index in [9.17, 15) is 22.1 Å². The second-order valence-corrected chi connectivity index (χ2v) is 6.73. The van der Waals surface area contributed by atoms with Crippen molar-refractivity contribution in [3.05, 3.63) is 29.8 Å². The van der Waals surface area contributed by atoms with E-state index in [2.05, 4.69) is 17.7 Å². The number of carbonyl (C=O) groups is 1. The molecule has 0 saturated carbocycles. The van der Waals surface area contributed by atoms with Crippen LogP contribution in [0.15, 0.2) is 29.4 Å². The van der Waals surface area contributed by atoms with Crippen LogP contribution in [0, 0.1) is 0 Å². The lowest BCUT2D eigenvalue weighted by molar-refractivity contribution is -0.140. The normalized spacial score (nSPS) is 11.6. The smallest absolute Gasteiger partial charge is 0.497 e. The van der Waals surface area contributed by atoms with Crippen LogP contribution in [0.1, 0.15) is 12.5 Å². The minimum atomic E-state index is -6.00. The Balaban J connectivity index is 0.000000841. The van der Waals surface area contributed by atoms with Gasteiger partial charge in [0.25, 0.3) is 0 Å². The van der Waals surface area contributed by atoms with E-state index in [4.69, 9.17) is 9.57 Å². The van der Waals surface area contributed by atoms with Crippen LogP contribution in [0.25, 0.3) is 0 Å². The van der Waals surface area contributed by atoms with E-state index in [1.165, 1.54) is 6.92 Å². The molecule has 0 aromatic heterocycles. The van der Waals surface area contributed by atoms with E-state index in [1.807, 2.05) is 24.3 Å². The summed E-state index contributed by atoms with van der Waals surface area (Å²) in [6, 6.07) is 7.55. The molecule has 0 aliphatic heterocycles. The number of ether oxygens (including phenoxy) is 1. The molecule has 0 N–H and O–H groups in total. The zero-order chi connectivity index (χ0) is 18.0. The van der Waals surface area contributed by atoms with E-state index in [-0.39, 0.29) is 10.9 Å². The molecule has 0 aliphatic rings. The number of hydrogen-bond acceptors (Lipinski definition) is 4. The molecule has 0 fully saturated rings. The summed E-state index contributed by atoms with van der Waals surface area (Å²) in [5.41, 5.74) is 1.72. The molecule has 0 spiro atoms. The van der Waals surface area contributed by atoms with Crippen molar-refractivity contribution in [2.45, 2.75) is 6.92 Å². The summed E-state index contributed by atoms with van der Waals surface area (Å²) < 4.78 is 44.1. The van der Waals surface area contributed by atoms with Gasteiger partial charge in [-0.3, -0.25) is 0 Å². The van der Waals surface area contributed by atoms with Gasteiger partial charge in [0.05, 0.1) is 19.6 Å². The lowest BCUT2D eigenvalue weighted by atomic mass is 10.1. The number of benzene rings is 1. The lowest BCUT2D eigenvalue weighted by Crippen LogP contribution is -2.16. The molecule has 1 aromatic carbocycles. The maximum Gasteiger partial charge on any atom is 0.673 e. The third kappa shape index (κ3) is 12.5. The molecule has 1 aromatic rings. The molecule has 0 atom stereocenters. The number of carbonyl (C=O) groups excluding carboxylic acids is 1. The zero-order valence-corrected chi connectivity index (χ0v) is 14.0. The van der Waals surface area contributed by atoms with E-state index >= 15 is 0 Å². The first-order chi connectivity index (χ1) is 10.5. The second-order valence-electron chi connectivity index (χ2n) is 4.47. The predicted molar refractivity (Wildman–Crippen MR) is 85.6 cm³/mol. The molecular weight excluding hydrogens is 337 g/mol. The van der Waals surface area contributed by atoms with Gasteiger partial charge in [-0.2, -0.15) is 0 Å². The second kappa shape index (κ2) is 10.1. The minimum Gasteiger partial charge on any atom is -0.497 e. The van der Waals surface area contributed by atoms with E-state index < -0.39 is 13.2 Å². The van der Waals surface area contributed by atoms with Crippen molar-refractivity contribution in [1.82, 2.24) is 0 Å². The van der Waals surface area contributed by atoms with Crippen molar-refractivity contribution in [3.8, 4) is 5.75 Å². The van der Waals surface area contributed by atoms with Gasteiger partial charge in [-0.15, -0.1) is 0 Å². The predicted octanol–water partition coefficient (Wildman–Crippen LogP) is 3.14. The van der Waals surface area contributed by atoms with Gasteiger partial charge < -0.3 is 26.8 Å². The molecule has 0 amide bonds. The first-order valence-electron chi connectivity index (χ1n) is 6.33. The topological polar surface area (TPSA) is 47.9 Å². The zero-order valence-electron chi connectivity index (χ0n) is 13.2.